The van der Waals surface area contributed by atoms with Crippen LogP contribution in [0.4, 0.5) is 11.4 Å². The minimum atomic E-state index is -0.273. The molecule has 0 aliphatic carbocycles. The summed E-state index contributed by atoms with van der Waals surface area (Å²) < 4.78 is 0. The van der Waals surface area contributed by atoms with Crippen LogP contribution in [0.15, 0.2) is 72.9 Å². The molecule has 3 rings (SSSR count). The molecule has 2 aromatic carbocycles. The summed E-state index contributed by atoms with van der Waals surface area (Å²) in [6.07, 6.45) is 2.30. The number of anilines is 2. The zero-order chi connectivity index (χ0) is 19.2. The number of rotatable bonds is 5. The third-order valence-electron chi connectivity index (χ3n) is 4.34. The second-order valence-electron chi connectivity index (χ2n) is 6.09. The lowest BCUT2D eigenvalue weighted by Gasteiger charge is -2.17. The molecule has 0 unspecified atom stereocenters. The number of amides is 2. The molecule has 27 heavy (non-hydrogen) atoms. The van der Waals surface area contributed by atoms with Gasteiger partial charge in [-0.05, 0) is 42.3 Å². The summed E-state index contributed by atoms with van der Waals surface area (Å²) in [7, 11) is 1.68. The van der Waals surface area contributed by atoms with Crippen molar-refractivity contribution in [2.24, 2.45) is 0 Å². The van der Waals surface area contributed by atoms with E-state index in [-0.39, 0.29) is 17.5 Å². The molecule has 0 saturated heterocycles. The van der Waals surface area contributed by atoms with Crippen LogP contribution in [0.1, 0.15) is 33.3 Å². The van der Waals surface area contributed by atoms with Crippen LogP contribution in [0.5, 0.6) is 0 Å². The molecule has 1 heterocycles. The topological polar surface area (TPSA) is 62.3 Å². The fourth-order valence-electron chi connectivity index (χ4n) is 2.77. The van der Waals surface area contributed by atoms with Crippen LogP contribution in [0.25, 0.3) is 0 Å². The Morgan fingerprint density at radius 1 is 1.00 bits per heavy atom. The van der Waals surface area contributed by atoms with E-state index in [4.69, 9.17) is 0 Å². The van der Waals surface area contributed by atoms with Gasteiger partial charge in [0.25, 0.3) is 11.8 Å². The molecule has 0 aliphatic rings. The molecule has 0 bridgehead atoms. The zero-order valence-electron chi connectivity index (χ0n) is 15.3. The van der Waals surface area contributed by atoms with Crippen molar-refractivity contribution in [1.82, 2.24) is 4.98 Å². The summed E-state index contributed by atoms with van der Waals surface area (Å²) in [6.45, 7) is 2.04. The lowest BCUT2D eigenvalue weighted by Crippen LogP contribution is -2.27. The zero-order valence-corrected chi connectivity index (χ0v) is 15.3. The van der Waals surface area contributed by atoms with Crippen LogP contribution >= 0.6 is 0 Å². The number of nitrogens with one attached hydrogen (secondary N) is 1. The molecule has 5 heteroatoms. The third-order valence-corrected chi connectivity index (χ3v) is 4.34. The summed E-state index contributed by atoms with van der Waals surface area (Å²) in [4.78, 5) is 31.0. The van der Waals surface area contributed by atoms with Gasteiger partial charge in [0.15, 0.2) is 0 Å². The van der Waals surface area contributed by atoms with Crippen LogP contribution < -0.4 is 10.2 Å². The van der Waals surface area contributed by atoms with Gasteiger partial charge in [-0.15, -0.1) is 0 Å². The van der Waals surface area contributed by atoms with E-state index in [1.165, 1.54) is 17.2 Å². The largest absolute Gasteiger partial charge is 0.322 e. The van der Waals surface area contributed by atoms with E-state index in [2.05, 4.69) is 10.3 Å². The fourth-order valence-corrected chi connectivity index (χ4v) is 2.77. The van der Waals surface area contributed by atoms with Crippen molar-refractivity contribution in [3.05, 3.63) is 89.7 Å². The average molecular weight is 359 g/mol. The maximum Gasteiger partial charge on any atom is 0.276 e. The molecule has 1 aromatic heterocycles. The molecule has 1 N–H and O–H groups in total. The molecule has 5 nitrogen and oxygen atoms in total. The average Bonchev–Trinajstić information content (AvgIpc) is 2.73. The number of para-hydroxylation sites is 2. The Kier molecular flexibility index (Phi) is 5.61. The highest BCUT2D eigenvalue weighted by atomic mass is 16.2. The first kappa shape index (κ1) is 18.3. The van der Waals surface area contributed by atoms with E-state index in [9.17, 15) is 9.59 Å². The number of nitrogens with zero attached hydrogens (tertiary/aromatic N) is 2. The molecule has 3 aromatic rings. The van der Waals surface area contributed by atoms with Gasteiger partial charge < -0.3 is 10.2 Å². The van der Waals surface area contributed by atoms with Crippen LogP contribution in [0.2, 0.25) is 0 Å². The number of pyridine rings is 1. The summed E-state index contributed by atoms with van der Waals surface area (Å²) in [5.41, 5.74) is 3.20. The Bertz CT molecular complexity index is 955. The van der Waals surface area contributed by atoms with Gasteiger partial charge in [0.2, 0.25) is 0 Å². The predicted octanol–water partition coefficient (Wildman–Crippen LogP) is 4.17. The number of carbonyl (C=O) groups excluding carboxylic acids is 2. The third kappa shape index (κ3) is 4.20. The second-order valence-corrected chi connectivity index (χ2v) is 6.09. The Hall–Kier alpha value is -3.47. The van der Waals surface area contributed by atoms with E-state index < -0.39 is 0 Å². The first-order valence-electron chi connectivity index (χ1n) is 8.78. The van der Waals surface area contributed by atoms with Gasteiger partial charge in [0.05, 0.1) is 0 Å². The van der Waals surface area contributed by atoms with Crippen LogP contribution in [-0.2, 0) is 6.42 Å². The van der Waals surface area contributed by atoms with Crippen LogP contribution in [0.3, 0.4) is 0 Å². The number of hydrogen-bond donors (Lipinski definition) is 1. The molecule has 136 valence electrons. The Labute approximate surface area is 158 Å². The maximum absolute atomic E-state index is 12.7. The van der Waals surface area contributed by atoms with Gasteiger partial charge >= 0.3 is 0 Å². The minimum absolute atomic E-state index is 0.220. The smallest absolute Gasteiger partial charge is 0.276 e. The molecule has 0 atom stereocenters. The van der Waals surface area contributed by atoms with E-state index in [0.29, 0.717) is 5.56 Å². The first-order chi connectivity index (χ1) is 13.1. The van der Waals surface area contributed by atoms with E-state index in [1.807, 2.05) is 61.5 Å². The van der Waals surface area contributed by atoms with Crippen molar-refractivity contribution in [1.29, 1.82) is 0 Å². The highest BCUT2D eigenvalue weighted by Crippen LogP contribution is 2.18. The monoisotopic (exact) mass is 359 g/mol. The lowest BCUT2D eigenvalue weighted by atomic mass is 10.1. The molecular weight excluding hydrogens is 338 g/mol. The van der Waals surface area contributed by atoms with Gasteiger partial charge in [0.1, 0.15) is 5.69 Å². The number of carbonyl (C=O) groups is 2. The van der Waals surface area contributed by atoms with Gasteiger partial charge in [-0.1, -0.05) is 43.3 Å². The van der Waals surface area contributed by atoms with E-state index >= 15 is 0 Å². The van der Waals surface area contributed by atoms with Crippen molar-refractivity contribution in [3.8, 4) is 0 Å². The number of benzene rings is 2. The SMILES string of the molecule is CCc1ccccc1NC(=O)c1ccnc(C(=O)N(C)c2ccccc2)c1. The van der Waals surface area contributed by atoms with Gasteiger partial charge in [0, 0.05) is 30.2 Å². The van der Waals surface area contributed by atoms with Crippen LogP contribution in [-0.4, -0.2) is 23.8 Å². The summed E-state index contributed by atoms with van der Waals surface area (Å²) in [5, 5.41) is 2.91. The second kappa shape index (κ2) is 8.27. The summed E-state index contributed by atoms with van der Waals surface area (Å²) >= 11 is 0. The molecule has 0 aliphatic heterocycles. The van der Waals surface area contributed by atoms with Crippen molar-refractivity contribution < 1.29 is 9.59 Å². The first-order valence-corrected chi connectivity index (χ1v) is 8.78. The highest BCUT2D eigenvalue weighted by molar-refractivity contribution is 6.08. The number of aromatic nitrogens is 1. The summed E-state index contributed by atoms with van der Waals surface area (Å²) in [6, 6.07) is 20.1. The normalized spacial score (nSPS) is 10.3. The molecule has 2 amide bonds. The molecule has 0 fully saturated rings. The highest BCUT2D eigenvalue weighted by Gasteiger charge is 2.17. The Morgan fingerprint density at radius 3 is 2.44 bits per heavy atom. The van der Waals surface area contributed by atoms with Crippen molar-refractivity contribution >= 4 is 23.2 Å². The van der Waals surface area contributed by atoms with E-state index in [1.54, 1.807) is 13.1 Å². The van der Waals surface area contributed by atoms with E-state index in [0.717, 1.165) is 23.4 Å². The summed E-state index contributed by atoms with van der Waals surface area (Å²) in [5.74, 6) is -0.542. The van der Waals surface area contributed by atoms with Crippen molar-refractivity contribution in [2.45, 2.75) is 13.3 Å². The quantitative estimate of drug-likeness (QED) is 0.743. The molecular formula is C22H21N3O2. The maximum atomic E-state index is 12.7. The fraction of sp³-hybridized carbons (Fsp3) is 0.136. The predicted molar refractivity (Wildman–Crippen MR) is 107 cm³/mol. The Balaban J connectivity index is 1.80. The standard InChI is InChI=1S/C22H21N3O2/c1-3-16-9-7-8-12-19(16)24-21(26)17-13-14-23-20(15-17)22(27)25(2)18-10-5-4-6-11-18/h4-15H,3H2,1-2H3,(H,24,26). The van der Waals surface area contributed by atoms with Crippen molar-refractivity contribution in [2.75, 3.05) is 17.3 Å². The van der Waals surface area contributed by atoms with Crippen molar-refractivity contribution in [3.63, 3.8) is 0 Å². The van der Waals surface area contributed by atoms with Gasteiger partial charge in [-0.2, -0.15) is 0 Å². The number of aryl methyl sites for hydroxylation is 1. The lowest BCUT2D eigenvalue weighted by molar-refractivity contribution is 0.0988. The molecule has 0 radical (unpaired) electrons. The minimum Gasteiger partial charge on any atom is -0.322 e. The van der Waals surface area contributed by atoms with Gasteiger partial charge in [-0.25, -0.2) is 0 Å². The molecule has 0 spiro atoms. The van der Waals surface area contributed by atoms with Gasteiger partial charge in [-0.3, -0.25) is 14.6 Å². The molecule has 0 saturated carbocycles. The van der Waals surface area contributed by atoms with Crippen LogP contribution in [0, 0.1) is 0 Å². The Morgan fingerprint density at radius 2 is 1.70 bits per heavy atom. The number of hydrogen-bond acceptors (Lipinski definition) is 3.